The first-order valence-corrected chi connectivity index (χ1v) is 12.2. The molecule has 1 fully saturated rings. The van der Waals surface area contributed by atoms with E-state index < -0.39 is 46.7 Å². The second-order valence-electron chi connectivity index (χ2n) is 8.62. The molecule has 0 unspecified atom stereocenters. The van der Waals surface area contributed by atoms with Gasteiger partial charge in [-0.2, -0.15) is 18.3 Å². The van der Waals surface area contributed by atoms with Gasteiger partial charge in [-0.1, -0.05) is 35.9 Å². The summed E-state index contributed by atoms with van der Waals surface area (Å²) in [4.78, 5) is 39.4. The Balaban J connectivity index is 1.52. The second-order valence-corrected chi connectivity index (χ2v) is 9.05. The fourth-order valence-electron chi connectivity index (χ4n) is 3.95. The zero-order valence-corrected chi connectivity index (χ0v) is 21.7. The maximum absolute atomic E-state index is 13.9. The molecule has 3 aromatic carbocycles. The Morgan fingerprint density at radius 2 is 1.54 bits per heavy atom. The number of hydrogen-bond acceptors (Lipinski definition) is 6. The first-order chi connectivity index (χ1) is 19.5. The molecular formula is C28H18ClF3N4O5. The van der Waals surface area contributed by atoms with Crippen LogP contribution in [0.5, 0.6) is 23.1 Å². The van der Waals surface area contributed by atoms with Crippen molar-refractivity contribution in [3.8, 4) is 23.1 Å². The molecule has 0 atom stereocenters. The average Bonchev–Trinajstić information content (AvgIpc) is 3.23. The molecular weight excluding hydrogens is 565 g/mol. The minimum absolute atomic E-state index is 0.0453. The van der Waals surface area contributed by atoms with Crippen LogP contribution in [-0.2, 0) is 22.8 Å². The molecule has 41 heavy (non-hydrogen) atoms. The molecule has 4 amide bonds. The van der Waals surface area contributed by atoms with Crippen LogP contribution in [-0.4, -0.2) is 27.6 Å². The Morgan fingerprint density at radius 1 is 0.878 bits per heavy atom. The highest BCUT2D eigenvalue weighted by atomic mass is 35.5. The number of imide groups is 2. The summed E-state index contributed by atoms with van der Waals surface area (Å²) in [6.07, 6.45) is -4.28. The molecule has 0 aliphatic carbocycles. The van der Waals surface area contributed by atoms with Gasteiger partial charge in [-0.15, -0.1) is 0 Å². The van der Waals surface area contributed by atoms with Gasteiger partial charge in [0.15, 0.2) is 5.69 Å². The zero-order valence-electron chi connectivity index (χ0n) is 21.0. The van der Waals surface area contributed by atoms with E-state index >= 15 is 0 Å². The maximum atomic E-state index is 13.9. The van der Waals surface area contributed by atoms with Gasteiger partial charge in [0, 0.05) is 12.1 Å². The Morgan fingerprint density at radius 3 is 2.20 bits per heavy atom. The van der Waals surface area contributed by atoms with Crippen LogP contribution >= 0.6 is 11.6 Å². The van der Waals surface area contributed by atoms with Crippen LogP contribution in [0.25, 0.3) is 6.08 Å². The summed E-state index contributed by atoms with van der Waals surface area (Å²) in [6.45, 7) is 0. The normalized spacial score (nSPS) is 14.8. The van der Waals surface area contributed by atoms with E-state index in [1.165, 1.54) is 49.5 Å². The van der Waals surface area contributed by atoms with Gasteiger partial charge < -0.3 is 9.47 Å². The number of rotatable bonds is 6. The van der Waals surface area contributed by atoms with Crippen molar-refractivity contribution in [1.29, 1.82) is 0 Å². The molecule has 9 nitrogen and oxygen atoms in total. The van der Waals surface area contributed by atoms with Gasteiger partial charge in [0.05, 0.1) is 11.3 Å². The van der Waals surface area contributed by atoms with Crippen molar-refractivity contribution >= 4 is 41.2 Å². The van der Waals surface area contributed by atoms with Crippen molar-refractivity contribution in [2.75, 3.05) is 4.90 Å². The number of carbonyl (C=O) groups excluding carboxylic acids is 3. The number of hydrogen-bond donors (Lipinski definition) is 1. The van der Waals surface area contributed by atoms with Crippen molar-refractivity contribution < 1.29 is 37.0 Å². The van der Waals surface area contributed by atoms with E-state index in [-0.39, 0.29) is 16.5 Å². The van der Waals surface area contributed by atoms with Crippen LogP contribution in [0.15, 0.2) is 84.4 Å². The molecule has 1 aliphatic heterocycles. The number of nitrogens with zero attached hydrogens (tertiary/aromatic N) is 3. The Kier molecular flexibility index (Phi) is 7.24. The molecule has 208 valence electrons. The fraction of sp³-hybridized carbons (Fsp3) is 0.0714. The van der Waals surface area contributed by atoms with Crippen molar-refractivity contribution in [3.05, 3.63) is 101 Å². The van der Waals surface area contributed by atoms with Crippen molar-refractivity contribution in [2.24, 2.45) is 7.05 Å². The summed E-state index contributed by atoms with van der Waals surface area (Å²) >= 11 is 5.96. The Labute approximate surface area is 235 Å². The lowest BCUT2D eigenvalue weighted by Crippen LogP contribution is -2.54. The summed E-state index contributed by atoms with van der Waals surface area (Å²) in [5.41, 5.74) is -2.80. The lowest BCUT2D eigenvalue weighted by Gasteiger charge is -2.26. The minimum Gasteiger partial charge on any atom is -0.457 e. The maximum Gasteiger partial charge on any atom is 0.435 e. The Bertz CT molecular complexity index is 1690. The number of aryl methyl sites for hydroxylation is 1. The molecule has 0 radical (unpaired) electrons. The van der Waals surface area contributed by atoms with Crippen LogP contribution in [0.2, 0.25) is 5.02 Å². The van der Waals surface area contributed by atoms with E-state index in [9.17, 15) is 27.6 Å². The molecule has 1 N–H and O–H groups in total. The number of amides is 4. The largest absolute Gasteiger partial charge is 0.457 e. The summed E-state index contributed by atoms with van der Waals surface area (Å²) in [6, 6.07) is 19.4. The summed E-state index contributed by atoms with van der Waals surface area (Å²) in [5.74, 6) is -1.73. The zero-order chi connectivity index (χ0) is 29.3. The third kappa shape index (κ3) is 5.77. The summed E-state index contributed by atoms with van der Waals surface area (Å²) in [5, 5.41) is 5.75. The lowest BCUT2D eigenvalue weighted by atomic mass is 10.1. The van der Waals surface area contributed by atoms with Gasteiger partial charge in [-0.05, 0) is 60.7 Å². The highest BCUT2D eigenvalue weighted by Gasteiger charge is 2.42. The number of urea groups is 1. The van der Waals surface area contributed by atoms with E-state index in [1.54, 1.807) is 30.3 Å². The summed E-state index contributed by atoms with van der Waals surface area (Å²) < 4.78 is 54.0. The number of para-hydroxylation sites is 1. The van der Waals surface area contributed by atoms with Crippen LogP contribution in [0.4, 0.5) is 23.7 Å². The van der Waals surface area contributed by atoms with Crippen LogP contribution in [0, 0.1) is 0 Å². The van der Waals surface area contributed by atoms with Crippen LogP contribution < -0.4 is 19.7 Å². The third-order valence-electron chi connectivity index (χ3n) is 5.77. The van der Waals surface area contributed by atoms with Crippen molar-refractivity contribution in [1.82, 2.24) is 15.1 Å². The number of halogens is 4. The molecule has 4 aromatic rings. The minimum atomic E-state index is -4.97. The number of benzene rings is 3. The van der Waals surface area contributed by atoms with Crippen molar-refractivity contribution in [2.45, 2.75) is 6.18 Å². The van der Waals surface area contributed by atoms with E-state index in [1.807, 2.05) is 11.4 Å². The predicted molar refractivity (Wildman–Crippen MR) is 142 cm³/mol. The number of carbonyl (C=O) groups is 3. The third-order valence-corrected chi connectivity index (χ3v) is 6.01. The number of alkyl halides is 3. The van der Waals surface area contributed by atoms with Gasteiger partial charge in [-0.25, -0.2) is 14.4 Å². The SMILES string of the molecule is Cn1nc(C(F)(F)F)c(C=C2C(=O)NC(=O)N(c3ccc(Oc4ccccc4)cc3)C2=O)c1Oc1cccc(Cl)c1. The smallest absolute Gasteiger partial charge is 0.435 e. The molecule has 0 bridgehead atoms. The van der Waals surface area contributed by atoms with Gasteiger partial charge in [0.2, 0.25) is 5.88 Å². The van der Waals surface area contributed by atoms with Crippen molar-refractivity contribution in [3.63, 3.8) is 0 Å². The fourth-order valence-corrected chi connectivity index (χ4v) is 4.13. The molecule has 2 heterocycles. The number of ether oxygens (including phenoxy) is 2. The Hall–Kier alpha value is -5.10. The van der Waals surface area contributed by atoms with Gasteiger partial charge in [0.1, 0.15) is 22.8 Å². The van der Waals surface area contributed by atoms with E-state index in [2.05, 4.69) is 5.10 Å². The van der Waals surface area contributed by atoms with E-state index in [4.69, 9.17) is 21.1 Å². The molecule has 1 aliphatic rings. The molecule has 1 aromatic heterocycles. The highest BCUT2D eigenvalue weighted by Crippen LogP contribution is 2.39. The summed E-state index contributed by atoms with van der Waals surface area (Å²) in [7, 11) is 1.20. The van der Waals surface area contributed by atoms with Gasteiger partial charge in [-0.3, -0.25) is 14.9 Å². The highest BCUT2D eigenvalue weighted by molar-refractivity contribution is 6.39. The number of nitrogens with one attached hydrogen (secondary N) is 1. The van der Waals surface area contributed by atoms with Gasteiger partial charge >= 0.3 is 12.2 Å². The van der Waals surface area contributed by atoms with Crippen LogP contribution in [0.1, 0.15) is 11.3 Å². The second kappa shape index (κ2) is 10.8. The lowest BCUT2D eigenvalue weighted by molar-refractivity contribution is -0.141. The molecule has 5 rings (SSSR count). The first kappa shape index (κ1) is 27.5. The molecule has 0 spiro atoms. The topological polar surface area (TPSA) is 103 Å². The molecule has 13 heteroatoms. The molecule has 1 saturated heterocycles. The first-order valence-electron chi connectivity index (χ1n) is 11.8. The number of barbiturate groups is 1. The van der Waals surface area contributed by atoms with E-state index in [0.717, 1.165) is 4.68 Å². The van der Waals surface area contributed by atoms with E-state index in [0.29, 0.717) is 22.5 Å². The monoisotopic (exact) mass is 582 g/mol. The van der Waals surface area contributed by atoms with Crippen LogP contribution in [0.3, 0.4) is 0 Å². The number of aromatic nitrogens is 2. The quantitative estimate of drug-likeness (QED) is 0.210. The number of anilines is 1. The van der Waals surface area contributed by atoms with Gasteiger partial charge in [0.25, 0.3) is 11.8 Å². The standard InChI is InChI=1S/C28H18ClF3N4O5/c1-35-26(41-20-9-5-6-16(29)14-20)21(23(34-35)28(30,31)32)15-22-24(37)33-27(39)36(25(22)38)17-10-12-19(13-11-17)40-18-7-3-2-4-8-18/h2-15H,1H3,(H,33,37,39). The predicted octanol–water partition coefficient (Wildman–Crippen LogP) is 6.34. The molecule has 0 saturated carbocycles. The average molecular weight is 583 g/mol.